The minimum absolute atomic E-state index is 0.300. The Labute approximate surface area is 117 Å². The van der Waals surface area contributed by atoms with Gasteiger partial charge in [-0.1, -0.05) is 12.1 Å². The second kappa shape index (κ2) is 7.00. The number of carbonyl (C=O) groups is 2. The Kier molecular flexibility index (Phi) is 5.06. The number of carbonyl (C=O) groups excluding carboxylic acids is 2. The Bertz CT molecular complexity index is 487. The molecule has 1 aliphatic rings. The third-order valence-corrected chi connectivity index (χ3v) is 3.19. The number of benzene rings is 1. The van der Waals surface area contributed by atoms with Crippen molar-refractivity contribution in [2.45, 2.75) is 6.42 Å². The molecular weight excluding hydrogens is 261 g/mol. The molecule has 1 aliphatic heterocycles. The van der Waals surface area contributed by atoms with Gasteiger partial charge < -0.3 is 15.5 Å². The van der Waals surface area contributed by atoms with E-state index < -0.39 is 11.8 Å². The largest absolute Gasteiger partial charge is 0.347 e. The predicted octanol–water partition coefficient (Wildman–Crippen LogP) is -0.0838. The molecule has 0 atom stereocenters. The molecule has 108 valence electrons. The summed E-state index contributed by atoms with van der Waals surface area (Å²) >= 11 is 0. The summed E-state index contributed by atoms with van der Waals surface area (Å²) in [6, 6.07) is 6.20. The van der Waals surface area contributed by atoms with Gasteiger partial charge in [-0.05, 0) is 24.1 Å². The monoisotopic (exact) mass is 279 g/mol. The van der Waals surface area contributed by atoms with Crippen LogP contribution in [0.15, 0.2) is 24.3 Å². The summed E-state index contributed by atoms with van der Waals surface area (Å²) < 4.78 is 13.0. The first kappa shape index (κ1) is 14.5. The van der Waals surface area contributed by atoms with Gasteiger partial charge in [-0.25, -0.2) is 4.39 Å². The Balaban J connectivity index is 1.75. The van der Waals surface area contributed by atoms with Gasteiger partial charge in [0.2, 0.25) is 0 Å². The Morgan fingerprint density at radius 3 is 2.75 bits per heavy atom. The third kappa shape index (κ3) is 4.03. The van der Waals surface area contributed by atoms with Crippen LogP contribution >= 0.6 is 0 Å². The molecule has 2 amide bonds. The van der Waals surface area contributed by atoms with Crippen LogP contribution in [-0.4, -0.2) is 49.4 Å². The van der Waals surface area contributed by atoms with Gasteiger partial charge in [0, 0.05) is 32.7 Å². The summed E-state index contributed by atoms with van der Waals surface area (Å²) in [7, 11) is 0. The van der Waals surface area contributed by atoms with Crippen molar-refractivity contribution in [3.05, 3.63) is 35.6 Å². The first-order chi connectivity index (χ1) is 9.66. The molecule has 1 aromatic rings. The van der Waals surface area contributed by atoms with E-state index in [1.807, 2.05) is 0 Å². The quantitative estimate of drug-likeness (QED) is 0.761. The summed E-state index contributed by atoms with van der Waals surface area (Å²) in [4.78, 5) is 25.1. The van der Waals surface area contributed by atoms with E-state index in [9.17, 15) is 14.0 Å². The van der Waals surface area contributed by atoms with Crippen molar-refractivity contribution in [3.8, 4) is 0 Å². The highest BCUT2D eigenvalue weighted by Gasteiger charge is 2.22. The molecule has 1 aromatic carbocycles. The van der Waals surface area contributed by atoms with E-state index in [0.717, 1.165) is 5.56 Å². The molecular formula is C14H18FN3O2. The topological polar surface area (TPSA) is 61.4 Å². The number of amides is 2. The number of halogens is 1. The van der Waals surface area contributed by atoms with Crippen molar-refractivity contribution in [3.63, 3.8) is 0 Å². The van der Waals surface area contributed by atoms with Gasteiger partial charge in [0.05, 0.1) is 0 Å². The lowest BCUT2D eigenvalue weighted by Crippen LogP contribution is -2.51. The summed E-state index contributed by atoms with van der Waals surface area (Å²) in [6.45, 7) is 2.84. The summed E-state index contributed by atoms with van der Waals surface area (Å²) in [5.41, 5.74) is 0.792. The van der Waals surface area contributed by atoms with Crippen molar-refractivity contribution < 1.29 is 14.0 Å². The third-order valence-electron chi connectivity index (χ3n) is 3.19. The van der Waals surface area contributed by atoms with E-state index in [0.29, 0.717) is 39.1 Å². The second-order valence-electron chi connectivity index (χ2n) is 4.68. The molecule has 0 bridgehead atoms. The first-order valence-electron chi connectivity index (χ1n) is 6.69. The van der Waals surface area contributed by atoms with Gasteiger partial charge >= 0.3 is 11.8 Å². The van der Waals surface area contributed by atoms with E-state index in [-0.39, 0.29) is 5.82 Å². The fourth-order valence-electron chi connectivity index (χ4n) is 2.10. The maximum atomic E-state index is 13.0. The van der Waals surface area contributed by atoms with Gasteiger partial charge in [0.1, 0.15) is 5.82 Å². The molecule has 1 saturated heterocycles. The number of nitrogens with one attached hydrogen (secondary N) is 2. The van der Waals surface area contributed by atoms with Crippen molar-refractivity contribution >= 4 is 11.8 Å². The van der Waals surface area contributed by atoms with Crippen LogP contribution in [-0.2, 0) is 16.0 Å². The molecule has 0 unspecified atom stereocenters. The van der Waals surface area contributed by atoms with Gasteiger partial charge in [-0.2, -0.15) is 0 Å². The molecule has 1 fully saturated rings. The number of hydrogen-bond donors (Lipinski definition) is 2. The zero-order valence-corrected chi connectivity index (χ0v) is 11.2. The zero-order valence-electron chi connectivity index (χ0n) is 11.2. The Morgan fingerprint density at radius 1 is 1.30 bits per heavy atom. The van der Waals surface area contributed by atoms with Crippen LogP contribution in [0.3, 0.4) is 0 Å². The standard InChI is InChI=1S/C14H18FN3O2/c15-12-3-1-2-11(10-12)4-5-17-13(19)14(20)18-8-6-16-7-9-18/h1-3,10,16H,4-9H2,(H,17,19). The number of nitrogens with zero attached hydrogens (tertiary/aromatic N) is 1. The normalized spacial score (nSPS) is 14.9. The smallest absolute Gasteiger partial charge is 0.311 e. The van der Waals surface area contributed by atoms with Crippen LogP contribution in [0.25, 0.3) is 0 Å². The molecule has 0 saturated carbocycles. The van der Waals surface area contributed by atoms with Crippen LogP contribution in [0.5, 0.6) is 0 Å². The van der Waals surface area contributed by atoms with Crippen molar-refractivity contribution in [1.29, 1.82) is 0 Å². The summed E-state index contributed by atoms with van der Waals surface area (Å²) in [5.74, 6) is -1.39. The van der Waals surface area contributed by atoms with Gasteiger partial charge in [-0.15, -0.1) is 0 Å². The lowest BCUT2D eigenvalue weighted by molar-refractivity contribution is -0.146. The molecule has 0 aromatic heterocycles. The minimum Gasteiger partial charge on any atom is -0.347 e. The molecule has 2 N–H and O–H groups in total. The lowest BCUT2D eigenvalue weighted by atomic mass is 10.1. The van der Waals surface area contributed by atoms with Crippen LogP contribution < -0.4 is 10.6 Å². The average molecular weight is 279 g/mol. The SMILES string of the molecule is O=C(NCCc1cccc(F)c1)C(=O)N1CCNCC1. The van der Waals surface area contributed by atoms with E-state index in [4.69, 9.17) is 0 Å². The number of hydrogen-bond acceptors (Lipinski definition) is 3. The Morgan fingerprint density at radius 2 is 2.05 bits per heavy atom. The lowest BCUT2D eigenvalue weighted by Gasteiger charge is -2.26. The number of piperazine rings is 1. The van der Waals surface area contributed by atoms with Gasteiger partial charge in [0.25, 0.3) is 0 Å². The molecule has 0 radical (unpaired) electrons. The molecule has 20 heavy (non-hydrogen) atoms. The summed E-state index contributed by atoms with van der Waals surface area (Å²) in [5, 5.41) is 5.69. The van der Waals surface area contributed by atoms with Crippen LogP contribution in [0, 0.1) is 5.82 Å². The fourth-order valence-corrected chi connectivity index (χ4v) is 2.10. The highest BCUT2D eigenvalue weighted by Crippen LogP contribution is 2.03. The van der Waals surface area contributed by atoms with Crippen LogP contribution in [0.4, 0.5) is 4.39 Å². The molecule has 2 rings (SSSR count). The molecule has 0 aliphatic carbocycles. The van der Waals surface area contributed by atoms with Gasteiger partial charge in [-0.3, -0.25) is 9.59 Å². The molecule has 0 spiro atoms. The highest BCUT2D eigenvalue weighted by molar-refractivity contribution is 6.35. The maximum Gasteiger partial charge on any atom is 0.311 e. The fraction of sp³-hybridized carbons (Fsp3) is 0.429. The Hall–Kier alpha value is -1.95. The van der Waals surface area contributed by atoms with Crippen molar-refractivity contribution in [2.75, 3.05) is 32.7 Å². The predicted molar refractivity (Wildman–Crippen MR) is 72.6 cm³/mol. The zero-order chi connectivity index (χ0) is 14.4. The van der Waals surface area contributed by atoms with E-state index in [1.165, 1.54) is 17.0 Å². The van der Waals surface area contributed by atoms with E-state index in [1.54, 1.807) is 12.1 Å². The van der Waals surface area contributed by atoms with Crippen molar-refractivity contribution in [1.82, 2.24) is 15.5 Å². The van der Waals surface area contributed by atoms with E-state index >= 15 is 0 Å². The molecule has 5 nitrogen and oxygen atoms in total. The molecule has 1 heterocycles. The summed E-state index contributed by atoms with van der Waals surface area (Å²) in [6.07, 6.45) is 0.498. The maximum absolute atomic E-state index is 13.0. The first-order valence-corrected chi connectivity index (χ1v) is 6.69. The van der Waals surface area contributed by atoms with Crippen molar-refractivity contribution in [2.24, 2.45) is 0 Å². The highest BCUT2D eigenvalue weighted by atomic mass is 19.1. The molecule has 6 heteroatoms. The minimum atomic E-state index is -0.594. The second-order valence-corrected chi connectivity index (χ2v) is 4.68. The van der Waals surface area contributed by atoms with Crippen LogP contribution in [0.2, 0.25) is 0 Å². The number of rotatable bonds is 3. The van der Waals surface area contributed by atoms with Gasteiger partial charge in [0.15, 0.2) is 0 Å². The van der Waals surface area contributed by atoms with Crippen LogP contribution in [0.1, 0.15) is 5.56 Å². The van der Waals surface area contributed by atoms with E-state index in [2.05, 4.69) is 10.6 Å². The average Bonchev–Trinajstić information content (AvgIpc) is 2.47.